The van der Waals surface area contributed by atoms with Gasteiger partial charge in [-0.3, -0.25) is 9.59 Å². The molecule has 0 spiro atoms. The smallest absolute Gasteiger partial charge is 0.268 e. The summed E-state index contributed by atoms with van der Waals surface area (Å²) in [5.74, 6) is -0.318. The average molecular weight is 315 g/mol. The van der Waals surface area contributed by atoms with Crippen molar-refractivity contribution in [1.29, 1.82) is 0 Å². The molecule has 0 bridgehead atoms. The SMILES string of the molecule is COCCNc1nc(N)c(C(=O)N(C)CC(=O)N(C)C)s1. The second-order valence-corrected chi connectivity index (χ2v) is 5.60. The summed E-state index contributed by atoms with van der Waals surface area (Å²) in [7, 11) is 6.43. The van der Waals surface area contributed by atoms with Gasteiger partial charge in [0.25, 0.3) is 5.91 Å². The molecule has 0 aliphatic rings. The number of ether oxygens (including phenoxy) is 1. The largest absolute Gasteiger partial charge is 0.383 e. The number of thiazole rings is 1. The van der Waals surface area contributed by atoms with Crippen LogP contribution in [0.2, 0.25) is 0 Å². The minimum atomic E-state index is -0.319. The number of carbonyl (C=O) groups excluding carboxylic acids is 2. The first-order chi connectivity index (χ1) is 9.86. The second kappa shape index (κ2) is 7.79. The molecule has 1 aromatic rings. The van der Waals surface area contributed by atoms with E-state index in [1.54, 1.807) is 28.3 Å². The van der Waals surface area contributed by atoms with Crippen molar-refractivity contribution in [2.75, 3.05) is 59.0 Å². The number of nitrogens with zero attached hydrogens (tertiary/aromatic N) is 3. The fourth-order valence-electron chi connectivity index (χ4n) is 1.41. The summed E-state index contributed by atoms with van der Waals surface area (Å²) in [4.78, 5) is 31.0. The first-order valence-corrected chi connectivity index (χ1v) is 7.13. The molecule has 0 unspecified atom stereocenters. The van der Waals surface area contributed by atoms with Gasteiger partial charge in [-0.05, 0) is 0 Å². The van der Waals surface area contributed by atoms with E-state index < -0.39 is 0 Å². The Morgan fingerprint density at radius 2 is 2.05 bits per heavy atom. The third-order valence-corrected chi connectivity index (χ3v) is 3.66. The van der Waals surface area contributed by atoms with E-state index >= 15 is 0 Å². The third-order valence-electron chi connectivity index (χ3n) is 2.65. The van der Waals surface area contributed by atoms with Crippen LogP contribution in [0.25, 0.3) is 0 Å². The number of carbonyl (C=O) groups is 2. The lowest BCUT2D eigenvalue weighted by Gasteiger charge is -2.18. The van der Waals surface area contributed by atoms with E-state index in [9.17, 15) is 9.59 Å². The van der Waals surface area contributed by atoms with Crippen LogP contribution in [0.3, 0.4) is 0 Å². The molecule has 0 aromatic carbocycles. The molecule has 0 aliphatic heterocycles. The van der Waals surface area contributed by atoms with Gasteiger partial charge in [0.05, 0.1) is 13.2 Å². The summed E-state index contributed by atoms with van der Waals surface area (Å²) >= 11 is 1.16. The van der Waals surface area contributed by atoms with Gasteiger partial charge in [-0.2, -0.15) is 0 Å². The summed E-state index contributed by atoms with van der Waals surface area (Å²) in [6.45, 7) is 1.10. The van der Waals surface area contributed by atoms with Gasteiger partial charge in [-0.25, -0.2) is 4.98 Å². The van der Waals surface area contributed by atoms with Gasteiger partial charge in [-0.15, -0.1) is 0 Å². The predicted octanol–water partition coefficient (Wildman–Crippen LogP) is -0.0562. The molecule has 0 radical (unpaired) electrons. The predicted molar refractivity (Wildman–Crippen MR) is 82.5 cm³/mol. The van der Waals surface area contributed by atoms with Gasteiger partial charge in [0.15, 0.2) is 5.13 Å². The highest BCUT2D eigenvalue weighted by molar-refractivity contribution is 7.18. The number of nitrogens with one attached hydrogen (secondary N) is 1. The van der Waals surface area contributed by atoms with Crippen LogP contribution >= 0.6 is 11.3 Å². The molecule has 0 saturated heterocycles. The Bertz CT molecular complexity index is 503. The van der Waals surface area contributed by atoms with E-state index in [0.29, 0.717) is 23.2 Å². The lowest BCUT2D eigenvalue weighted by Crippen LogP contribution is -2.37. The first-order valence-electron chi connectivity index (χ1n) is 6.31. The van der Waals surface area contributed by atoms with E-state index in [1.165, 1.54) is 9.80 Å². The van der Waals surface area contributed by atoms with Gasteiger partial charge in [0, 0.05) is 34.8 Å². The monoisotopic (exact) mass is 315 g/mol. The van der Waals surface area contributed by atoms with E-state index in [2.05, 4.69) is 10.3 Å². The van der Waals surface area contributed by atoms with Crippen LogP contribution in [0.1, 0.15) is 9.67 Å². The van der Waals surface area contributed by atoms with Gasteiger partial charge < -0.3 is 25.6 Å². The third kappa shape index (κ3) is 4.87. The number of aromatic nitrogens is 1. The Hall–Kier alpha value is -1.87. The number of nitrogens with two attached hydrogens (primary N) is 1. The standard InChI is InChI=1S/C12H21N5O3S/c1-16(2)8(18)7-17(3)11(19)9-10(13)15-12(21-9)14-5-6-20-4/h5-7,13H2,1-4H3,(H,14,15). The summed E-state index contributed by atoms with van der Waals surface area (Å²) < 4.78 is 4.92. The van der Waals surface area contributed by atoms with Gasteiger partial charge >= 0.3 is 0 Å². The Balaban J connectivity index is 2.71. The minimum Gasteiger partial charge on any atom is -0.383 e. The Morgan fingerprint density at radius 3 is 2.62 bits per heavy atom. The summed E-state index contributed by atoms with van der Waals surface area (Å²) in [6, 6.07) is 0. The fourth-order valence-corrected chi connectivity index (χ4v) is 2.32. The zero-order chi connectivity index (χ0) is 16.0. The number of nitrogen functional groups attached to an aromatic ring is 1. The number of rotatable bonds is 7. The van der Waals surface area contributed by atoms with Crippen molar-refractivity contribution in [2.45, 2.75) is 0 Å². The zero-order valence-corrected chi connectivity index (χ0v) is 13.5. The van der Waals surface area contributed by atoms with Crippen molar-refractivity contribution in [3.63, 3.8) is 0 Å². The minimum absolute atomic E-state index is 0.00436. The maximum Gasteiger partial charge on any atom is 0.268 e. The highest BCUT2D eigenvalue weighted by Crippen LogP contribution is 2.25. The molecule has 9 heteroatoms. The van der Waals surface area contributed by atoms with E-state index in [-0.39, 0.29) is 24.2 Å². The van der Waals surface area contributed by atoms with Crippen molar-refractivity contribution >= 4 is 34.1 Å². The lowest BCUT2D eigenvalue weighted by atomic mass is 10.4. The number of methoxy groups -OCH3 is 1. The van der Waals surface area contributed by atoms with Crippen LogP contribution in [0, 0.1) is 0 Å². The van der Waals surface area contributed by atoms with Gasteiger partial charge in [0.1, 0.15) is 10.7 Å². The van der Waals surface area contributed by atoms with E-state index in [1.807, 2.05) is 0 Å². The first kappa shape index (κ1) is 17.2. The molecule has 0 aliphatic carbocycles. The zero-order valence-electron chi connectivity index (χ0n) is 12.7. The normalized spacial score (nSPS) is 10.3. The molecular formula is C12H21N5O3S. The quantitative estimate of drug-likeness (QED) is 0.684. The summed E-state index contributed by atoms with van der Waals surface area (Å²) in [5, 5.41) is 3.57. The maximum atomic E-state index is 12.3. The van der Waals surface area contributed by atoms with Crippen molar-refractivity contribution in [1.82, 2.24) is 14.8 Å². The summed E-state index contributed by atoms with van der Waals surface area (Å²) in [6.07, 6.45) is 0. The Morgan fingerprint density at radius 1 is 1.38 bits per heavy atom. The van der Waals surface area contributed by atoms with Crippen LogP contribution in [0.15, 0.2) is 0 Å². The van der Waals surface area contributed by atoms with Crippen molar-refractivity contribution < 1.29 is 14.3 Å². The molecule has 118 valence electrons. The fraction of sp³-hybridized carbons (Fsp3) is 0.583. The number of likely N-dealkylation sites (N-methyl/N-ethyl adjacent to an activating group) is 2. The highest BCUT2D eigenvalue weighted by atomic mass is 32.1. The molecule has 1 heterocycles. The van der Waals surface area contributed by atoms with Crippen LogP contribution in [0.4, 0.5) is 10.9 Å². The van der Waals surface area contributed by atoms with Crippen molar-refractivity contribution in [3.05, 3.63) is 4.88 Å². The van der Waals surface area contributed by atoms with Crippen LogP contribution < -0.4 is 11.1 Å². The lowest BCUT2D eigenvalue weighted by molar-refractivity contribution is -0.129. The van der Waals surface area contributed by atoms with Gasteiger partial charge in [0.2, 0.25) is 5.91 Å². The van der Waals surface area contributed by atoms with Crippen LogP contribution in [-0.2, 0) is 9.53 Å². The highest BCUT2D eigenvalue weighted by Gasteiger charge is 2.21. The average Bonchev–Trinajstić information content (AvgIpc) is 2.79. The number of anilines is 2. The molecule has 2 amide bonds. The maximum absolute atomic E-state index is 12.3. The number of amides is 2. The van der Waals surface area contributed by atoms with Crippen molar-refractivity contribution in [2.24, 2.45) is 0 Å². The topological polar surface area (TPSA) is 101 Å². The summed E-state index contributed by atoms with van der Waals surface area (Å²) in [5.41, 5.74) is 5.76. The van der Waals surface area contributed by atoms with Gasteiger partial charge in [-0.1, -0.05) is 11.3 Å². The Labute approximate surface area is 127 Å². The van der Waals surface area contributed by atoms with Crippen molar-refractivity contribution in [3.8, 4) is 0 Å². The molecular weight excluding hydrogens is 294 g/mol. The molecule has 1 rings (SSSR count). The molecule has 3 N–H and O–H groups in total. The molecule has 1 aromatic heterocycles. The number of hydrogen-bond acceptors (Lipinski definition) is 7. The second-order valence-electron chi connectivity index (χ2n) is 4.60. The molecule has 0 fully saturated rings. The molecule has 0 saturated carbocycles. The molecule has 8 nitrogen and oxygen atoms in total. The van der Waals surface area contributed by atoms with E-state index in [0.717, 1.165) is 11.3 Å². The number of hydrogen-bond donors (Lipinski definition) is 2. The Kier molecular flexibility index (Phi) is 6.38. The van der Waals surface area contributed by atoms with E-state index in [4.69, 9.17) is 10.5 Å². The van der Waals surface area contributed by atoms with Crippen LogP contribution in [0.5, 0.6) is 0 Å². The van der Waals surface area contributed by atoms with Crippen LogP contribution in [-0.4, -0.2) is 74.5 Å². The molecule has 0 atom stereocenters. The molecule has 21 heavy (non-hydrogen) atoms.